The van der Waals surface area contributed by atoms with E-state index in [0.29, 0.717) is 26.1 Å². The van der Waals surface area contributed by atoms with Gasteiger partial charge in [-0.15, -0.1) is 5.11 Å². The number of unbranched alkanes of at least 4 members (excludes halogenated alkanes) is 3. The van der Waals surface area contributed by atoms with Gasteiger partial charge in [0.25, 0.3) is 0 Å². The number of hydrogen-bond donors (Lipinski definition) is 4. The summed E-state index contributed by atoms with van der Waals surface area (Å²) in [6.45, 7) is 8.64. The number of ether oxygens (including phenoxy) is 1. The number of hydrogen-bond acceptors (Lipinski definition) is 8. The summed E-state index contributed by atoms with van der Waals surface area (Å²) in [6, 6.07) is -0.634. The lowest BCUT2D eigenvalue weighted by atomic mass is 10.2. The lowest BCUT2D eigenvalue weighted by molar-refractivity contribution is -0.173. The van der Waals surface area contributed by atoms with Crippen LogP contribution in [0.5, 0.6) is 0 Å². The van der Waals surface area contributed by atoms with Crippen molar-refractivity contribution in [1.29, 1.82) is 0 Å². The van der Waals surface area contributed by atoms with Crippen LogP contribution in [0.2, 0.25) is 0 Å². The molecule has 1 rings (SSSR count). The zero-order valence-corrected chi connectivity index (χ0v) is 24.1. The summed E-state index contributed by atoms with van der Waals surface area (Å²) in [5.74, 6) is -1.77. The molecule has 13 nitrogen and oxygen atoms in total. The van der Waals surface area contributed by atoms with E-state index in [1.807, 2.05) is 0 Å². The Labute approximate surface area is 238 Å². The van der Waals surface area contributed by atoms with Crippen molar-refractivity contribution in [2.75, 3.05) is 31.9 Å². The largest absolute Gasteiger partial charge is 0.471 e. The van der Waals surface area contributed by atoms with Crippen molar-refractivity contribution in [2.24, 2.45) is 10.2 Å². The highest BCUT2D eigenvalue weighted by Gasteiger charge is 2.38. The van der Waals surface area contributed by atoms with Crippen molar-refractivity contribution in [2.45, 2.75) is 84.5 Å². The van der Waals surface area contributed by atoms with Gasteiger partial charge in [-0.2, -0.15) is 18.3 Å². The molecule has 232 valence electrons. The molecule has 0 aliphatic heterocycles. The number of carbonyl (C=O) groups is 3. The predicted octanol–water partition coefficient (Wildman–Crippen LogP) is 4.60. The number of anilines is 1. The number of amides is 4. The molecule has 4 amide bonds. The van der Waals surface area contributed by atoms with Crippen molar-refractivity contribution < 1.29 is 32.3 Å². The normalized spacial score (nSPS) is 12.1. The molecule has 5 N–H and O–H groups in total. The number of alkyl carbamates (subject to hydrolysis) is 1. The van der Waals surface area contributed by atoms with Gasteiger partial charge in [0.05, 0.1) is 6.20 Å². The summed E-state index contributed by atoms with van der Waals surface area (Å²) >= 11 is 0. The third-order valence-electron chi connectivity index (χ3n) is 5.23. The Morgan fingerprint density at radius 1 is 1.07 bits per heavy atom. The van der Waals surface area contributed by atoms with Crippen LogP contribution in [0.3, 0.4) is 0 Å². The van der Waals surface area contributed by atoms with Gasteiger partial charge in [-0.3, -0.25) is 9.69 Å². The van der Waals surface area contributed by atoms with Crippen LogP contribution in [0.15, 0.2) is 28.8 Å². The smallest absolute Gasteiger partial charge is 0.444 e. The first-order chi connectivity index (χ1) is 19.2. The lowest BCUT2D eigenvalue weighted by Gasteiger charge is -2.19. The maximum atomic E-state index is 12.7. The van der Waals surface area contributed by atoms with E-state index in [2.05, 4.69) is 32.9 Å². The second-order valence-corrected chi connectivity index (χ2v) is 10.0. The second-order valence-electron chi connectivity index (χ2n) is 10.0. The Morgan fingerprint density at radius 3 is 2.44 bits per heavy atom. The fourth-order valence-electron chi connectivity index (χ4n) is 3.19. The minimum absolute atomic E-state index is 0.150. The Hall–Kier alpha value is -3.85. The standard InChI is InChI=1S/C25H42F3N9O4/c1-5-6-7-8-15-36(17-14-30-11-9-12-31-21(38)25(26,27)28)22(39)35-34-19-18-33-37(20(19)29)16-10-13-32-23(40)41-24(2,3)4/h14,17-18,30H,5-13,15-16,29H2,1-4H3,(H,31,38)(H,32,40)/b17-14-,35-34?. The number of nitrogens with one attached hydrogen (secondary N) is 3. The first-order valence-corrected chi connectivity index (χ1v) is 13.5. The number of halogens is 3. The third kappa shape index (κ3) is 15.5. The van der Waals surface area contributed by atoms with Crippen molar-refractivity contribution >= 4 is 29.5 Å². The van der Waals surface area contributed by atoms with Crippen LogP contribution < -0.4 is 21.7 Å². The van der Waals surface area contributed by atoms with E-state index in [4.69, 9.17) is 10.5 Å². The fraction of sp³-hybridized carbons (Fsp3) is 0.680. The molecule has 1 aromatic heterocycles. The van der Waals surface area contributed by atoms with Crippen molar-refractivity contribution in [1.82, 2.24) is 30.6 Å². The minimum Gasteiger partial charge on any atom is -0.444 e. The number of nitrogens with two attached hydrogens (primary N) is 1. The van der Waals surface area contributed by atoms with Crippen molar-refractivity contribution in [3.8, 4) is 0 Å². The highest BCUT2D eigenvalue weighted by atomic mass is 19.4. The maximum absolute atomic E-state index is 12.7. The maximum Gasteiger partial charge on any atom is 0.471 e. The lowest BCUT2D eigenvalue weighted by Crippen LogP contribution is -2.37. The summed E-state index contributed by atoms with van der Waals surface area (Å²) in [6.07, 6.45) is 3.38. The Kier molecular flexibility index (Phi) is 15.2. The van der Waals surface area contributed by atoms with Crippen LogP contribution in [0.1, 0.15) is 66.2 Å². The van der Waals surface area contributed by atoms with E-state index < -0.39 is 29.8 Å². The van der Waals surface area contributed by atoms with Gasteiger partial charge in [-0.25, -0.2) is 14.3 Å². The number of carbonyl (C=O) groups excluding carboxylic acids is 3. The quantitative estimate of drug-likeness (QED) is 0.161. The number of aryl methyl sites for hydroxylation is 1. The van der Waals surface area contributed by atoms with Crippen molar-refractivity contribution in [3.63, 3.8) is 0 Å². The summed E-state index contributed by atoms with van der Waals surface area (Å²) in [4.78, 5) is 36.6. The zero-order chi connectivity index (χ0) is 30.9. The molecule has 16 heteroatoms. The SMILES string of the molecule is CCCCCCN(/C=C\NCCCNC(=O)C(F)(F)F)C(=O)N=Nc1cnn(CCCNC(=O)OC(C)(C)C)c1N. The van der Waals surface area contributed by atoms with Crippen LogP contribution in [-0.4, -0.2) is 70.7 Å². The molecule has 0 saturated carbocycles. The molecule has 0 unspecified atom stereocenters. The number of alkyl halides is 3. The summed E-state index contributed by atoms with van der Waals surface area (Å²) in [5, 5.41) is 19.2. The highest BCUT2D eigenvalue weighted by molar-refractivity contribution is 5.81. The molecule has 1 heterocycles. The summed E-state index contributed by atoms with van der Waals surface area (Å²) in [5.41, 5.74) is 5.71. The second kappa shape index (κ2) is 17.8. The van der Waals surface area contributed by atoms with E-state index >= 15 is 0 Å². The number of nitrogen functional groups attached to an aromatic ring is 1. The van der Waals surface area contributed by atoms with Gasteiger partial charge in [0, 0.05) is 45.1 Å². The van der Waals surface area contributed by atoms with E-state index in [-0.39, 0.29) is 31.0 Å². The van der Waals surface area contributed by atoms with Gasteiger partial charge in [0.2, 0.25) is 0 Å². The zero-order valence-electron chi connectivity index (χ0n) is 24.1. The Bertz CT molecular complexity index is 1020. The first-order valence-electron chi connectivity index (χ1n) is 13.5. The molecule has 0 fully saturated rings. The molecule has 0 aliphatic carbocycles. The topological polar surface area (TPSA) is 168 Å². The highest BCUT2D eigenvalue weighted by Crippen LogP contribution is 2.22. The molecular formula is C25H42F3N9O4. The summed E-state index contributed by atoms with van der Waals surface area (Å²) in [7, 11) is 0. The molecule has 0 radical (unpaired) electrons. The van der Waals surface area contributed by atoms with Crippen LogP contribution in [0.25, 0.3) is 0 Å². The van der Waals surface area contributed by atoms with Gasteiger partial charge in [0.1, 0.15) is 17.1 Å². The molecule has 41 heavy (non-hydrogen) atoms. The van der Waals surface area contributed by atoms with Gasteiger partial charge >= 0.3 is 24.2 Å². The first kappa shape index (κ1) is 35.2. The van der Waals surface area contributed by atoms with Crippen LogP contribution in [0, 0.1) is 0 Å². The number of azo groups is 1. The van der Waals surface area contributed by atoms with Gasteiger partial charge in [-0.1, -0.05) is 31.3 Å². The number of urea groups is 1. The average Bonchev–Trinajstić information content (AvgIpc) is 3.22. The molecule has 0 saturated heterocycles. The monoisotopic (exact) mass is 589 g/mol. The van der Waals surface area contributed by atoms with Gasteiger partial charge < -0.3 is 26.4 Å². The Balaban J connectivity index is 2.61. The minimum atomic E-state index is -4.91. The molecular weight excluding hydrogens is 547 g/mol. The predicted molar refractivity (Wildman–Crippen MR) is 147 cm³/mol. The molecule has 0 aliphatic rings. The average molecular weight is 590 g/mol. The van der Waals surface area contributed by atoms with Crippen LogP contribution in [0.4, 0.5) is 34.3 Å². The molecule has 0 bridgehead atoms. The molecule has 1 aromatic rings. The number of aromatic nitrogens is 2. The van der Waals surface area contributed by atoms with E-state index in [0.717, 1.165) is 25.7 Å². The van der Waals surface area contributed by atoms with E-state index in [1.54, 1.807) is 26.1 Å². The fourth-order valence-corrected chi connectivity index (χ4v) is 3.19. The molecule has 0 aromatic carbocycles. The van der Waals surface area contributed by atoms with Crippen LogP contribution >= 0.6 is 0 Å². The Morgan fingerprint density at radius 2 is 1.78 bits per heavy atom. The number of rotatable bonds is 16. The molecule has 0 spiro atoms. The number of nitrogens with zero attached hydrogens (tertiary/aromatic N) is 5. The van der Waals surface area contributed by atoms with Crippen molar-refractivity contribution in [3.05, 3.63) is 18.6 Å². The third-order valence-corrected chi connectivity index (χ3v) is 5.23. The van der Waals surface area contributed by atoms with Crippen LogP contribution in [-0.2, 0) is 16.1 Å². The van der Waals surface area contributed by atoms with E-state index in [9.17, 15) is 27.6 Å². The molecule has 0 atom stereocenters. The summed E-state index contributed by atoms with van der Waals surface area (Å²) < 4.78 is 43.2. The van der Waals surface area contributed by atoms with Gasteiger partial charge in [0.15, 0.2) is 0 Å². The van der Waals surface area contributed by atoms with Gasteiger partial charge in [-0.05, 0) is 40.0 Å². The van der Waals surface area contributed by atoms with E-state index in [1.165, 1.54) is 28.2 Å².